The Morgan fingerprint density at radius 2 is 2.17 bits per heavy atom. The Bertz CT molecular complexity index is 1110. The molecule has 0 spiro atoms. The van der Waals surface area contributed by atoms with E-state index in [1.165, 1.54) is 29.8 Å². The third kappa shape index (κ3) is 3.20. The first kappa shape index (κ1) is 19.6. The minimum atomic E-state index is -0.951. The fourth-order valence-corrected chi connectivity index (χ4v) is 3.88. The summed E-state index contributed by atoms with van der Waals surface area (Å²) in [5.74, 6) is -1.06. The number of Topliss-reactive ketones (excluding diaryl/α,β-unsaturated/α-hetero) is 1. The van der Waals surface area contributed by atoms with Crippen molar-refractivity contribution in [2.75, 3.05) is 18.6 Å². The lowest BCUT2D eigenvalue weighted by Crippen LogP contribution is -2.31. The number of amides is 1. The van der Waals surface area contributed by atoms with Crippen LogP contribution in [0.1, 0.15) is 29.1 Å². The van der Waals surface area contributed by atoms with Crippen molar-refractivity contribution in [3.05, 3.63) is 64.8 Å². The summed E-state index contributed by atoms with van der Waals surface area (Å²) in [4.78, 5) is 27.3. The van der Waals surface area contributed by atoms with Crippen LogP contribution < -0.4 is 14.4 Å². The van der Waals surface area contributed by atoms with Crippen LogP contribution in [0.25, 0.3) is 0 Å². The number of aromatic nitrogens is 2. The average molecular weight is 427 g/mol. The molecular formula is C20H17N3O6S. The zero-order valence-electron chi connectivity index (χ0n) is 16.1. The lowest BCUT2D eigenvalue weighted by Gasteiger charge is -2.24. The summed E-state index contributed by atoms with van der Waals surface area (Å²) in [6, 6.07) is 7.11. The topological polar surface area (TPSA) is 115 Å². The van der Waals surface area contributed by atoms with E-state index < -0.39 is 23.5 Å². The molecule has 1 N–H and O–H groups in total. The number of rotatable bonds is 7. The van der Waals surface area contributed by atoms with Gasteiger partial charge in [0, 0.05) is 0 Å². The monoisotopic (exact) mass is 427 g/mol. The van der Waals surface area contributed by atoms with Crippen molar-refractivity contribution < 1.29 is 28.6 Å². The predicted molar refractivity (Wildman–Crippen MR) is 107 cm³/mol. The van der Waals surface area contributed by atoms with Crippen LogP contribution in [-0.4, -0.2) is 40.7 Å². The van der Waals surface area contributed by atoms with Crippen LogP contribution >= 0.6 is 11.3 Å². The van der Waals surface area contributed by atoms with Crippen LogP contribution in [0.4, 0.5) is 5.13 Å². The van der Waals surface area contributed by atoms with E-state index in [0.29, 0.717) is 23.7 Å². The first-order chi connectivity index (χ1) is 14.6. The molecule has 0 saturated heterocycles. The van der Waals surface area contributed by atoms with Gasteiger partial charge in [-0.2, -0.15) is 0 Å². The van der Waals surface area contributed by atoms with E-state index in [0.717, 1.165) is 11.3 Å². The van der Waals surface area contributed by atoms with Gasteiger partial charge in [-0.1, -0.05) is 17.4 Å². The number of nitrogens with zero attached hydrogens (tertiary/aromatic N) is 3. The molecule has 1 aliphatic heterocycles. The second-order valence-corrected chi connectivity index (χ2v) is 7.02. The van der Waals surface area contributed by atoms with E-state index in [4.69, 9.17) is 13.9 Å². The highest BCUT2D eigenvalue weighted by molar-refractivity contribution is 7.13. The smallest absolute Gasteiger partial charge is 0.296 e. The standard InChI is InChI=1S/C20H17N3O6S/c1-3-28-14-9-11(6-7-12(14)27-2)16-15(17(24)13-5-4-8-29-13)18(25)19(26)23(16)20-22-21-10-30-20/h4-10,16,25H,3H2,1-2H3. The number of aliphatic hydroxyl groups is 1. The van der Waals surface area contributed by atoms with Gasteiger partial charge in [0.15, 0.2) is 23.0 Å². The Hall–Kier alpha value is -3.66. The lowest BCUT2D eigenvalue weighted by molar-refractivity contribution is -0.117. The molecule has 1 aliphatic rings. The predicted octanol–water partition coefficient (Wildman–Crippen LogP) is 3.32. The fourth-order valence-electron chi connectivity index (χ4n) is 3.29. The molecule has 10 heteroatoms. The molecule has 154 valence electrons. The van der Waals surface area contributed by atoms with Gasteiger partial charge in [-0.25, -0.2) is 0 Å². The van der Waals surface area contributed by atoms with Crippen LogP contribution in [-0.2, 0) is 4.79 Å². The zero-order chi connectivity index (χ0) is 21.3. The van der Waals surface area contributed by atoms with Gasteiger partial charge in [-0.05, 0) is 36.8 Å². The van der Waals surface area contributed by atoms with Crippen molar-refractivity contribution in [3.8, 4) is 11.5 Å². The molecule has 2 aromatic heterocycles. The first-order valence-corrected chi connectivity index (χ1v) is 9.86. The molecule has 0 radical (unpaired) electrons. The quantitative estimate of drug-likeness (QED) is 0.571. The lowest BCUT2D eigenvalue weighted by atomic mass is 9.95. The van der Waals surface area contributed by atoms with Gasteiger partial charge in [0.2, 0.25) is 10.9 Å². The minimum absolute atomic E-state index is 0.00649. The number of anilines is 1. The SMILES string of the molecule is CCOc1cc(C2C(C(=O)c3ccco3)=C(O)C(=O)N2c2nncs2)ccc1OC. The van der Waals surface area contributed by atoms with Gasteiger partial charge in [0.25, 0.3) is 5.91 Å². The number of ketones is 1. The summed E-state index contributed by atoms with van der Waals surface area (Å²) in [5, 5.41) is 18.6. The van der Waals surface area contributed by atoms with Gasteiger partial charge >= 0.3 is 0 Å². The molecule has 1 aromatic carbocycles. The van der Waals surface area contributed by atoms with E-state index >= 15 is 0 Å². The van der Waals surface area contributed by atoms with Crippen molar-refractivity contribution in [2.24, 2.45) is 0 Å². The van der Waals surface area contributed by atoms with E-state index in [1.54, 1.807) is 24.3 Å². The van der Waals surface area contributed by atoms with E-state index in [2.05, 4.69) is 10.2 Å². The third-order valence-corrected chi connectivity index (χ3v) is 5.24. The molecule has 3 heterocycles. The Labute approximate surface area is 175 Å². The number of methoxy groups -OCH3 is 1. The molecule has 0 aliphatic carbocycles. The Morgan fingerprint density at radius 3 is 2.80 bits per heavy atom. The highest BCUT2D eigenvalue weighted by Gasteiger charge is 2.46. The number of ether oxygens (including phenoxy) is 2. The largest absolute Gasteiger partial charge is 0.503 e. The Balaban J connectivity index is 1.88. The summed E-state index contributed by atoms with van der Waals surface area (Å²) in [6.07, 6.45) is 1.35. The van der Waals surface area contributed by atoms with Crippen molar-refractivity contribution in [3.63, 3.8) is 0 Å². The molecule has 3 aromatic rings. The molecule has 9 nitrogen and oxygen atoms in total. The summed E-state index contributed by atoms with van der Waals surface area (Å²) in [6.45, 7) is 2.22. The number of carbonyl (C=O) groups excluding carboxylic acids is 2. The van der Waals surface area contributed by atoms with Gasteiger partial charge in [-0.15, -0.1) is 10.2 Å². The number of hydrogen-bond donors (Lipinski definition) is 1. The maximum atomic E-state index is 13.1. The molecule has 0 bridgehead atoms. The van der Waals surface area contributed by atoms with Crippen LogP contribution in [0.2, 0.25) is 0 Å². The number of benzene rings is 1. The zero-order valence-corrected chi connectivity index (χ0v) is 16.9. The van der Waals surface area contributed by atoms with E-state index in [9.17, 15) is 14.7 Å². The minimum Gasteiger partial charge on any atom is -0.503 e. The molecule has 4 rings (SSSR count). The summed E-state index contributed by atoms with van der Waals surface area (Å²) in [5.41, 5.74) is 1.88. The Kier molecular flexibility index (Phi) is 5.23. The molecule has 1 amide bonds. The molecule has 0 saturated carbocycles. The molecule has 1 unspecified atom stereocenters. The second kappa shape index (κ2) is 7.99. The molecule has 30 heavy (non-hydrogen) atoms. The molecule has 1 atom stereocenters. The van der Waals surface area contributed by atoms with Gasteiger partial charge in [0.05, 0.1) is 31.6 Å². The van der Waals surface area contributed by atoms with Crippen LogP contribution in [0.15, 0.2) is 57.9 Å². The number of aliphatic hydroxyl groups excluding tert-OH is 1. The van der Waals surface area contributed by atoms with Crippen molar-refractivity contribution in [1.82, 2.24) is 10.2 Å². The summed E-state index contributed by atoms with van der Waals surface area (Å²) in [7, 11) is 1.52. The van der Waals surface area contributed by atoms with E-state index in [-0.39, 0.29) is 16.5 Å². The van der Waals surface area contributed by atoms with Crippen molar-refractivity contribution in [1.29, 1.82) is 0 Å². The highest BCUT2D eigenvalue weighted by atomic mass is 32.1. The van der Waals surface area contributed by atoms with Crippen LogP contribution in [0, 0.1) is 0 Å². The second-order valence-electron chi connectivity index (χ2n) is 6.21. The van der Waals surface area contributed by atoms with Crippen molar-refractivity contribution >= 4 is 28.2 Å². The van der Waals surface area contributed by atoms with Gasteiger partial charge in [-0.3, -0.25) is 14.5 Å². The fraction of sp³-hybridized carbons (Fsp3) is 0.200. The van der Waals surface area contributed by atoms with Crippen LogP contribution in [0.5, 0.6) is 11.5 Å². The highest BCUT2D eigenvalue weighted by Crippen LogP contribution is 2.44. The van der Waals surface area contributed by atoms with Crippen LogP contribution in [0.3, 0.4) is 0 Å². The molecular weight excluding hydrogens is 410 g/mol. The number of hydrogen-bond acceptors (Lipinski definition) is 9. The molecule has 0 fully saturated rings. The maximum Gasteiger partial charge on any atom is 0.296 e. The maximum absolute atomic E-state index is 13.1. The number of carbonyl (C=O) groups is 2. The Morgan fingerprint density at radius 1 is 1.33 bits per heavy atom. The normalized spacial score (nSPS) is 16.3. The van der Waals surface area contributed by atoms with E-state index in [1.807, 2.05) is 6.92 Å². The first-order valence-electron chi connectivity index (χ1n) is 8.98. The average Bonchev–Trinajstić information content (AvgIpc) is 3.50. The van der Waals surface area contributed by atoms with Gasteiger partial charge in [0.1, 0.15) is 5.51 Å². The van der Waals surface area contributed by atoms with Gasteiger partial charge < -0.3 is 19.0 Å². The van der Waals surface area contributed by atoms with Crippen molar-refractivity contribution in [2.45, 2.75) is 13.0 Å². The summed E-state index contributed by atoms with van der Waals surface area (Å²) < 4.78 is 16.2. The number of furan rings is 1. The summed E-state index contributed by atoms with van der Waals surface area (Å²) >= 11 is 1.11. The third-order valence-electron chi connectivity index (χ3n) is 4.56.